The van der Waals surface area contributed by atoms with Crippen molar-refractivity contribution < 1.29 is 19.0 Å². The maximum absolute atomic E-state index is 14.2. The van der Waals surface area contributed by atoms with E-state index in [2.05, 4.69) is 15.3 Å². The molecule has 10 heteroatoms. The number of halogens is 3. The Morgan fingerprint density at radius 1 is 1.37 bits per heavy atom. The molecule has 0 saturated carbocycles. The highest BCUT2D eigenvalue weighted by atomic mass is 35.5. The van der Waals surface area contributed by atoms with Gasteiger partial charge in [0.2, 0.25) is 5.95 Å². The molecular weight excluding hydrogens is 398 g/mol. The molecule has 7 nitrogen and oxygen atoms in total. The average Bonchev–Trinajstić information content (AvgIpc) is 3.00. The van der Waals surface area contributed by atoms with Crippen molar-refractivity contribution in [2.24, 2.45) is 0 Å². The van der Waals surface area contributed by atoms with Crippen molar-refractivity contribution in [3.8, 4) is 0 Å². The van der Waals surface area contributed by atoms with Crippen LogP contribution in [0.3, 0.4) is 0 Å². The summed E-state index contributed by atoms with van der Waals surface area (Å²) in [6, 6.07) is 3.03. The van der Waals surface area contributed by atoms with Crippen molar-refractivity contribution in [3.05, 3.63) is 45.8 Å². The van der Waals surface area contributed by atoms with Gasteiger partial charge in [0.05, 0.1) is 22.2 Å². The number of nitrogens with one attached hydrogen (secondary N) is 1. The summed E-state index contributed by atoms with van der Waals surface area (Å²) in [5.74, 6) is -0.0740. The Morgan fingerprint density at radius 2 is 2.07 bits per heavy atom. The highest BCUT2D eigenvalue weighted by Crippen LogP contribution is 2.30. The fourth-order valence-corrected chi connectivity index (χ4v) is 3.07. The van der Waals surface area contributed by atoms with Gasteiger partial charge in [0.25, 0.3) is 0 Å². The quantitative estimate of drug-likeness (QED) is 0.723. The first-order chi connectivity index (χ1) is 12.8. The number of aliphatic hydroxyl groups excluding tert-OH is 1. The maximum Gasteiger partial charge on any atom is 0.416 e. The van der Waals surface area contributed by atoms with Crippen LogP contribution in [-0.4, -0.2) is 39.9 Å². The predicted octanol–water partition coefficient (Wildman–Crippen LogP) is 3.80. The third kappa shape index (κ3) is 4.07. The molecule has 1 fully saturated rings. The summed E-state index contributed by atoms with van der Waals surface area (Å²) < 4.78 is 19.2. The van der Waals surface area contributed by atoms with E-state index in [1.165, 1.54) is 23.2 Å². The zero-order valence-electron chi connectivity index (χ0n) is 14.5. The van der Waals surface area contributed by atoms with Gasteiger partial charge in [0.15, 0.2) is 0 Å². The first-order valence-corrected chi connectivity index (χ1v) is 8.91. The number of hydrogen-bond donors (Lipinski definition) is 2. The SMILES string of the molecule is C[C@H](Nc1nccc(N2C(=O)OCC2[C@@H](C)O)n1)c1cc(Cl)c(Cl)cc1F. The number of anilines is 2. The Hall–Kier alpha value is -2.16. The lowest BCUT2D eigenvalue weighted by atomic mass is 10.1. The van der Waals surface area contributed by atoms with Gasteiger partial charge in [0.1, 0.15) is 24.3 Å². The summed E-state index contributed by atoms with van der Waals surface area (Å²) in [6.07, 6.45) is 0.0500. The number of aliphatic hydroxyl groups is 1. The van der Waals surface area contributed by atoms with Crippen molar-refractivity contribution in [2.75, 3.05) is 16.8 Å². The molecule has 0 aliphatic carbocycles. The first-order valence-electron chi connectivity index (χ1n) is 8.16. The third-order valence-corrected chi connectivity index (χ3v) is 4.92. The topological polar surface area (TPSA) is 87.6 Å². The van der Waals surface area contributed by atoms with E-state index in [4.69, 9.17) is 27.9 Å². The Labute approximate surface area is 165 Å². The number of ether oxygens (including phenoxy) is 1. The van der Waals surface area contributed by atoms with Gasteiger partial charge in [-0.3, -0.25) is 4.90 Å². The van der Waals surface area contributed by atoms with Gasteiger partial charge in [-0.25, -0.2) is 14.2 Å². The van der Waals surface area contributed by atoms with Gasteiger partial charge in [-0.2, -0.15) is 4.98 Å². The third-order valence-electron chi connectivity index (χ3n) is 4.20. The normalized spacial score (nSPS) is 19.0. The molecule has 2 heterocycles. The lowest BCUT2D eigenvalue weighted by Crippen LogP contribution is -2.41. The zero-order valence-corrected chi connectivity index (χ0v) is 16.0. The monoisotopic (exact) mass is 414 g/mol. The predicted molar refractivity (Wildman–Crippen MR) is 99.8 cm³/mol. The molecule has 1 aliphatic rings. The summed E-state index contributed by atoms with van der Waals surface area (Å²) in [6.45, 7) is 3.34. The number of carbonyl (C=O) groups is 1. The van der Waals surface area contributed by atoms with Gasteiger partial charge in [-0.05, 0) is 32.0 Å². The average molecular weight is 415 g/mol. The van der Waals surface area contributed by atoms with E-state index in [9.17, 15) is 14.3 Å². The highest BCUT2D eigenvalue weighted by molar-refractivity contribution is 6.42. The second-order valence-corrected chi connectivity index (χ2v) is 6.96. The number of nitrogens with zero attached hydrogens (tertiary/aromatic N) is 3. The zero-order chi connectivity index (χ0) is 19.7. The van der Waals surface area contributed by atoms with E-state index < -0.39 is 30.1 Å². The lowest BCUT2D eigenvalue weighted by molar-refractivity contribution is 0.142. The number of rotatable bonds is 5. The standard InChI is InChI=1S/C17H17Cl2FN4O3/c1-8(10-5-11(18)12(19)6-13(10)20)22-16-21-4-3-15(23-16)24-14(9(2)25)7-27-17(24)26/h3-6,8-9,14,25H,7H2,1-2H3,(H,21,22,23)/t8-,9+,14?/m0/s1. The molecule has 0 radical (unpaired) electrons. The van der Waals surface area contributed by atoms with Crippen LogP contribution in [0.1, 0.15) is 25.5 Å². The van der Waals surface area contributed by atoms with Crippen LogP contribution in [0.2, 0.25) is 10.0 Å². The van der Waals surface area contributed by atoms with Crippen LogP contribution < -0.4 is 10.2 Å². The molecule has 1 unspecified atom stereocenters. The maximum atomic E-state index is 14.2. The molecule has 2 N–H and O–H groups in total. The summed E-state index contributed by atoms with van der Waals surface area (Å²) in [5, 5.41) is 13.2. The van der Waals surface area contributed by atoms with Gasteiger partial charge >= 0.3 is 6.09 Å². The Balaban J connectivity index is 1.84. The second-order valence-electron chi connectivity index (χ2n) is 6.15. The molecule has 3 rings (SSSR count). The van der Waals surface area contributed by atoms with Crippen molar-refractivity contribution in [1.29, 1.82) is 0 Å². The number of amides is 1. The van der Waals surface area contributed by atoms with Gasteiger partial charge in [0, 0.05) is 11.8 Å². The van der Waals surface area contributed by atoms with E-state index in [0.29, 0.717) is 5.56 Å². The summed E-state index contributed by atoms with van der Waals surface area (Å²) in [5.41, 5.74) is 0.292. The number of aromatic nitrogens is 2. The largest absolute Gasteiger partial charge is 0.447 e. The van der Waals surface area contributed by atoms with Crippen LogP contribution in [0.4, 0.5) is 21.0 Å². The van der Waals surface area contributed by atoms with Crippen LogP contribution >= 0.6 is 23.2 Å². The van der Waals surface area contributed by atoms with E-state index in [0.717, 1.165) is 6.07 Å². The molecule has 0 bridgehead atoms. The first kappa shape index (κ1) is 19.6. The Kier molecular flexibility index (Phi) is 5.69. The van der Waals surface area contributed by atoms with E-state index in [1.54, 1.807) is 13.8 Å². The van der Waals surface area contributed by atoms with Crippen LogP contribution in [0.25, 0.3) is 0 Å². The van der Waals surface area contributed by atoms with E-state index >= 15 is 0 Å². The summed E-state index contributed by atoms with van der Waals surface area (Å²) in [7, 11) is 0. The van der Waals surface area contributed by atoms with Gasteiger partial charge < -0.3 is 15.2 Å². The summed E-state index contributed by atoms with van der Waals surface area (Å²) in [4.78, 5) is 21.6. The molecule has 1 aromatic heterocycles. The van der Waals surface area contributed by atoms with Crippen LogP contribution in [0.15, 0.2) is 24.4 Å². The number of cyclic esters (lactones) is 1. The smallest absolute Gasteiger partial charge is 0.416 e. The lowest BCUT2D eigenvalue weighted by Gasteiger charge is -2.23. The highest BCUT2D eigenvalue weighted by Gasteiger charge is 2.38. The summed E-state index contributed by atoms with van der Waals surface area (Å²) >= 11 is 11.8. The molecule has 1 amide bonds. The van der Waals surface area contributed by atoms with E-state index in [1.807, 2.05) is 0 Å². The van der Waals surface area contributed by atoms with Crippen molar-refractivity contribution in [3.63, 3.8) is 0 Å². The minimum Gasteiger partial charge on any atom is -0.447 e. The minimum atomic E-state index is -0.799. The van der Waals surface area contributed by atoms with Crippen LogP contribution in [-0.2, 0) is 4.74 Å². The molecule has 1 aliphatic heterocycles. The molecule has 2 aromatic rings. The van der Waals surface area contributed by atoms with Crippen LogP contribution in [0.5, 0.6) is 0 Å². The van der Waals surface area contributed by atoms with Crippen molar-refractivity contribution >= 4 is 41.1 Å². The molecule has 1 saturated heterocycles. The Bertz CT molecular complexity index is 868. The number of benzene rings is 1. The van der Waals surface area contributed by atoms with Gasteiger partial charge in [-0.15, -0.1) is 0 Å². The molecule has 1 aromatic carbocycles. The molecule has 3 atom stereocenters. The molecular formula is C17H17Cl2FN4O3. The molecule has 27 heavy (non-hydrogen) atoms. The fourth-order valence-electron chi connectivity index (χ4n) is 2.75. The fraction of sp³-hybridized carbons (Fsp3) is 0.353. The number of carbonyl (C=O) groups excluding carboxylic acids is 1. The van der Waals surface area contributed by atoms with Gasteiger partial charge in [-0.1, -0.05) is 23.2 Å². The minimum absolute atomic E-state index is 0.0636. The molecule has 0 spiro atoms. The molecule has 144 valence electrons. The van der Waals surface area contributed by atoms with E-state index in [-0.39, 0.29) is 28.4 Å². The van der Waals surface area contributed by atoms with Crippen molar-refractivity contribution in [1.82, 2.24) is 9.97 Å². The van der Waals surface area contributed by atoms with Crippen molar-refractivity contribution in [2.45, 2.75) is 32.0 Å². The van der Waals surface area contributed by atoms with Crippen LogP contribution in [0, 0.1) is 5.82 Å². The Morgan fingerprint density at radius 3 is 2.78 bits per heavy atom. The number of hydrogen-bond acceptors (Lipinski definition) is 6. The second kappa shape index (κ2) is 7.84.